The average molecular weight is 349 g/mol. The number of rotatable bonds is 3. The van der Waals surface area contributed by atoms with Gasteiger partial charge in [0.15, 0.2) is 6.61 Å². The summed E-state index contributed by atoms with van der Waals surface area (Å²) in [5, 5.41) is 8.36. The van der Waals surface area contributed by atoms with Crippen molar-refractivity contribution in [2.24, 2.45) is 5.92 Å². The standard InChI is InChI=1S/C14H13ClF3N3O2/c15-11-7-10(14(16,17)18)8-20-12(11)21-4-1-9(2-5-21)13(22)23-6-3-19/h7-9H,1-2,4-6H2/p+1. The van der Waals surface area contributed by atoms with Crippen LogP contribution in [0.4, 0.5) is 19.0 Å². The summed E-state index contributed by atoms with van der Waals surface area (Å²) in [5.41, 5.74) is -0.846. The van der Waals surface area contributed by atoms with Crippen LogP contribution in [-0.4, -0.2) is 25.7 Å². The lowest BCUT2D eigenvalue weighted by molar-refractivity contribution is -0.367. The minimum absolute atomic E-state index is 0.0228. The summed E-state index contributed by atoms with van der Waals surface area (Å²) in [6.45, 7) is 0.624. The Hall–Kier alpha value is -2.01. The van der Waals surface area contributed by atoms with Crippen molar-refractivity contribution in [1.29, 1.82) is 5.26 Å². The normalized spacial score (nSPS) is 16.0. The lowest BCUT2D eigenvalue weighted by Crippen LogP contribution is -2.40. The Kier molecular flexibility index (Phi) is 5.31. The zero-order valence-corrected chi connectivity index (χ0v) is 12.7. The third-order valence-electron chi connectivity index (χ3n) is 3.62. The first-order chi connectivity index (χ1) is 10.8. The van der Waals surface area contributed by atoms with Gasteiger partial charge in [-0.2, -0.15) is 18.4 Å². The number of halogens is 4. The van der Waals surface area contributed by atoms with Crippen LogP contribution in [0.25, 0.3) is 0 Å². The number of piperidine rings is 1. The molecule has 0 spiro atoms. The maximum Gasteiger partial charge on any atom is 0.419 e. The second-order valence-electron chi connectivity index (χ2n) is 5.11. The van der Waals surface area contributed by atoms with E-state index in [4.69, 9.17) is 21.6 Å². The van der Waals surface area contributed by atoms with Crippen LogP contribution in [-0.2, 0) is 15.7 Å². The SMILES string of the molecule is N#CCOC(=O)C1CCN(c2[nH+]cc(C(F)(F)F)cc2Cl)CC1. The molecule has 1 saturated heterocycles. The second kappa shape index (κ2) is 7.04. The fourth-order valence-electron chi connectivity index (χ4n) is 2.43. The number of nitriles is 1. The molecular formula is C14H14ClF3N3O2+. The molecule has 5 nitrogen and oxygen atoms in total. The maximum atomic E-state index is 12.6. The minimum atomic E-state index is -4.46. The number of pyridine rings is 1. The Morgan fingerprint density at radius 3 is 2.65 bits per heavy atom. The van der Waals surface area contributed by atoms with Crippen molar-refractivity contribution in [2.75, 3.05) is 24.6 Å². The molecule has 124 valence electrons. The molecule has 1 fully saturated rings. The quantitative estimate of drug-likeness (QED) is 0.787. The third-order valence-corrected chi connectivity index (χ3v) is 3.91. The largest absolute Gasteiger partial charge is 0.450 e. The van der Waals surface area contributed by atoms with Gasteiger partial charge in [0.1, 0.15) is 17.3 Å². The second-order valence-corrected chi connectivity index (χ2v) is 5.52. The summed E-state index contributed by atoms with van der Waals surface area (Å²) < 4.78 is 42.6. The van der Waals surface area contributed by atoms with Crippen LogP contribution in [0.15, 0.2) is 12.3 Å². The molecule has 23 heavy (non-hydrogen) atoms. The van der Waals surface area contributed by atoms with Crippen molar-refractivity contribution in [3.63, 3.8) is 0 Å². The zero-order valence-electron chi connectivity index (χ0n) is 12.0. The highest BCUT2D eigenvalue weighted by Crippen LogP contribution is 2.33. The summed E-state index contributed by atoms with van der Waals surface area (Å²) in [5.74, 6) is -0.343. The van der Waals surface area contributed by atoms with Crippen molar-refractivity contribution >= 4 is 23.4 Å². The van der Waals surface area contributed by atoms with Gasteiger partial charge in [-0.15, -0.1) is 0 Å². The van der Waals surface area contributed by atoms with Gasteiger partial charge in [0.25, 0.3) is 5.82 Å². The predicted molar refractivity (Wildman–Crippen MR) is 74.5 cm³/mol. The summed E-state index contributed by atoms with van der Waals surface area (Å²) in [6.07, 6.45) is -2.63. The van der Waals surface area contributed by atoms with Gasteiger partial charge in [-0.1, -0.05) is 11.6 Å². The van der Waals surface area contributed by atoms with Crippen molar-refractivity contribution in [3.8, 4) is 6.07 Å². The predicted octanol–water partition coefficient (Wildman–Crippen LogP) is 2.46. The smallest absolute Gasteiger partial charge is 0.419 e. The number of hydrogen-bond acceptors (Lipinski definition) is 4. The number of carbonyl (C=O) groups excluding carboxylic acids is 1. The number of nitrogens with one attached hydrogen (secondary N) is 1. The number of nitrogens with zero attached hydrogens (tertiary/aromatic N) is 2. The molecule has 1 aromatic heterocycles. The number of H-pyrrole nitrogens is 1. The van der Waals surface area contributed by atoms with Crippen LogP contribution in [0, 0.1) is 17.2 Å². The first kappa shape index (κ1) is 17.3. The molecule has 0 aromatic carbocycles. The first-order valence-electron chi connectivity index (χ1n) is 6.90. The van der Waals surface area contributed by atoms with E-state index in [-0.39, 0.29) is 17.5 Å². The van der Waals surface area contributed by atoms with E-state index in [1.807, 2.05) is 0 Å². The zero-order chi connectivity index (χ0) is 17.0. The Morgan fingerprint density at radius 2 is 2.13 bits per heavy atom. The molecule has 1 aromatic rings. The summed E-state index contributed by atoms with van der Waals surface area (Å²) in [6, 6.07) is 2.61. The molecule has 9 heteroatoms. The van der Waals surface area contributed by atoms with Crippen molar-refractivity contribution in [2.45, 2.75) is 19.0 Å². The van der Waals surface area contributed by atoms with Gasteiger partial charge in [-0.25, -0.2) is 4.98 Å². The lowest BCUT2D eigenvalue weighted by atomic mass is 9.97. The fourth-order valence-corrected chi connectivity index (χ4v) is 2.72. The molecule has 0 aliphatic carbocycles. The molecule has 1 N–H and O–H groups in total. The van der Waals surface area contributed by atoms with Gasteiger partial charge < -0.3 is 4.74 Å². The topological polar surface area (TPSA) is 67.5 Å². The minimum Gasteiger partial charge on any atom is -0.450 e. The monoisotopic (exact) mass is 348 g/mol. The number of alkyl halides is 3. The van der Waals surface area contributed by atoms with Crippen molar-refractivity contribution in [3.05, 3.63) is 22.8 Å². The molecule has 1 aliphatic rings. The Labute approximate surface area is 135 Å². The highest BCUT2D eigenvalue weighted by Gasteiger charge is 2.35. The van der Waals surface area contributed by atoms with E-state index >= 15 is 0 Å². The summed E-state index contributed by atoms with van der Waals surface area (Å²) >= 11 is 5.94. The number of aromatic amines is 1. The maximum absolute atomic E-state index is 12.6. The van der Waals surface area contributed by atoms with Crippen LogP contribution in [0.3, 0.4) is 0 Å². The molecule has 0 amide bonds. The summed E-state index contributed by atoms with van der Waals surface area (Å²) in [4.78, 5) is 16.0. The van der Waals surface area contributed by atoms with Gasteiger partial charge in [-0.05, 0) is 18.9 Å². The Morgan fingerprint density at radius 1 is 1.48 bits per heavy atom. The molecule has 2 rings (SSSR count). The van der Waals surface area contributed by atoms with E-state index in [1.165, 1.54) is 0 Å². The lowest BCUT2D eigenvalue weighted by Gasteiger charge is -2.26. The number of ether oxygens (including phenoxy) is 1. The van der Waals surface area contributed by atoms with Crippen LogP contribution < -0.4 is 9.88 Å². The molecule has 0 radical (unpaired) electrons. The van der Waals surface area contributed by atoms with E-state index in [0.717, 1.165) is 12.3 Å². The molecule has 0 bridgehead atoms. The number of hydrogen-bond donors (Lipinski definition) is 0. The van der Waals surface area contributed by atoms with Crippen LogP contribution >= 0.6 is 11.6 Å². The molecule has 0 unspecified atom stereocenters. The highest BCUT2D eigenvalue weighted by atomic mass is 35.5. The molecular weight excluding hydrogens is 335 g/mol. The third kappa shape index (κ3) is 4.26. The van der Waals surface area contributed by atoms with Crippen LogP contribution in [0.1, 0.15) is 18.4 Å². The highest BCUT2D eigenvalue weighted by molar-refractivity contribution is 6.32. The summed E-state index contributed by atoms with van der Waals surface area (Å²) in [7, 11) is 0. The molecule has 0 saturated carbocycles. The van der Waals surface area contributed by atoms with Crippen LogP contribution in [0.5, 0.6) is 0 Å². The van der Waals surface area contributed by atoms with Gasteiger partial charge >= 0.3 is 12.1 Å². The van der Waals surface area contributed by atoms with E-state index in [0.29, 0.717) is 31.7 Å². The van der Waals surface area contributed by atoms with Gasteiger partial charge in [0.05, 0.1) is 24.6 Å². The number of anilines is 1. The molecule has 2 heterocycles. The molecule has 0 atom stereocenters. The fraction of sp³-hybridized carbons (Fsp3) is 0.500. The van der Waals surface area contributed by atoms with E-state index < -0.39 is 17.7 Å². The number of aromatic nitrogens is 1. The number of carbonyl (C=O) groups is 1. The number of esters is 1. The first-order valence-corrected chi connectivity index (χ1v) is 7.27. The average Bonchev–Trinajstić information content (AvgIpc) is 2.52. The van der Waals surface area contributed by atoms with Crippen molar-refractivity contribution < 1.29 is 27.7 Å². The van der Waals surface area contributed by atoms with Gasteiger partial charge in [-0.3, -0.25) is 9.69 Å². The van der Waals surface area contributed by atoms with Crippen LogP contribution in [0.2, 0.25) is 5.02 Å². The van der Waals surface area contributed by atoms with E-state index in [2.05, 4.69) is 4.98 Å². The van der Waals surface area contributed by atoms with E-state index in [9.17, 15) is 18.0 Å². The molecule has 1 aliphatic heterocycles. The Balaban J connectivity index is 2.01. The Bertz CT molecular complexity index is 623. The van der Waals surface area contributed by atoms with E-state index in [1.54, 1.807) is 11.0 Å². The van der Waals surface area contributed by atoms with Gasteiger partial charge in [0, 0.05) is 0 Å². The van der Waals surface area contributed by atoms with Gasteiger partial charge in [0.2, 0.25) is 0 Å². The van der Waals surface area contributed by atoms with Crippen molar-refractivity contribution in [1.82, 2.24) is 0 Å².